The molecule has 0 saturated carbocycles. The fourth-order valence-corrected chi connectivity index (χ4v) is 0.979. The fraction of sp³-hybridized carbons (Fsp3) is 0.455. The molecule has 0 aliphatic heterocycles. The van der Waals surface area contributed by atoms with Crippen LogP contribution in [0.2, 0.25) is 0 Å². The van der Waals surface area contributed by atoms with Gasteiger partial charge in [0.25, 0.3) is 0 Å². The molecule has 0 atom stereocenters. The van der Waals surface area contributed by atoms with E-state index in [0.29, 0.717) is 18.4 Å². The zero-order valence-electron chi connectivity index (χ0n) is 8.46. The SMILES string of the molecule is CC=CC(=O)C(=CC)CCC(C)=O. The highest BCUT2D eigenvalue weighted by Crippen LogP contribution is 2.07. The van der Waals surface area contributed by atoms with Gasteiger partial charge in [-0.3, -0.25) is 4.79 Å². The first-order valence-electron chi connectivity index (χ1n) is 4.43. The van der Waals surface area contributed by atoms with Gasteiger partial charge in [-0.25, -0.2) is 0 Å². The van der Waals surface area contributed by atoms with Gasteiger partial charge in [-0.1, -0.05) is 12.2 Å². The molecule has 0 aliphatic carbocycles. The van der Waals surface area contributed by atoms with Crippen molar-refractivity contribution in [3.63, 3.8) is 0 Å². The van der Waals surface area contributed by atoms with E-state index in [1.165, 1.54) is 13.0 Å². The van der Waals surface area contributed by atoms with Crippen LogP contribution in [0.1, 0.15) is 33.6 Å². The van der Waals surface area contributed by atoms with Crippen molar-refractivity contribution in [2.75, 3.05) is 0 Å². The Bertz CT molecular complexity index is 247. The summed E-state index contributed by atoms with van der Waals surface area (Å²) in [6.45, 7) is 5.15. The molecule has 0 unspecified atom stereocenters. The first kappa shape index (κ1) is 11.8. The van der Waals surface area contributed by atoms with Gasteiger partial charge in [0.05, 0.1) is 0 Å². The maximum Gasteiger partial charge on any atom is 0.181 e. The Morgan fingerprint density at radius 1 is 1.15 bits per heavy atom. The Labute approximate surface area is 79.3 Å². The van der Waals surface area contributed by atoms with Crippen molar-refractivity contribution < 1.29 is 9.59 Å². The molecule has 0 aromatic carbocycles. The smallest absolute Gasteiger partial charge is 0.181 e. The van der Waals surface area contributed by atoms with Crippen molar-refractivity contribution in [2.45, 2.75) is 33.6 Å². The lowest BCUT2D eigenvalue weighted by atomic mass is 10.0. The Hall–Kier alpha value is -1.18. The van der Waals surface area contributed by atoms with E-state index >= 15 is 0 Å². The molecule has 2 nitrogen and oxygen atoms in total. The summed E-state index contributed by atoms with van der Waals surface area (Å²) in [5.74, 6) is 0.124. The predicted octanol–water partition coefficient (Wildman–Crippen LogP) is 2.45. The third kappa shape index (κ3) is 5.12. The van der Waals surface area contributed by atoms with Crippen molar-refractivity contribution in [1.82, 2.24) is 0 Å². The molecule has 0 amide bonds. The third-order valence-electron chi connectivity index (χ3n) is 1.73. The van der Waals surface area contributed by atoms with Gasteiger partial charge in [0, 0.05) is 6.42 Å². The summed E-state index contributed by atoms with van der Waals surface area (Å²) in [4.78, 5) is 22.0. The van der Waals surface area contributed by atoms with Gasteiger partial charge in [-0.05, 0) is 38.8 Å². The molecule has 0 rings (SSSR count). The second-order valence-electron chi connectivity index (χ2n) is 2.88. The van der Waals surface area contributed by atoms with Crippen molar-refractivity contribution in [3.8, 4) is 0 Å². The highest BCUT2D eigenvalue weighted by Gasteiger charge is 2.05. The summed E-state index contributed by atoms with van der Waals surface area (Å²) >= 11 is 0. The molecule has 72 valence electrons. The molecule has 0 heterocycles. The lowest BCUT2D eigenvalue weighted by Gasteiger charge is -2.00. The van der Waals surface area contributed by atoms with Gasteiger partial charge in [0.2, 0.25) is 0 Å². The first-order valence-corrected chi connectivity index (χ1v) is 4.43. The first-order chi connectivity index (χ1) is 6.11. The van der Waals surface area contributed by atoms with Gasteiger partial charge in [0.15, 0.2) is 5.78 Å². The van der Waals surface area contributed by atoms with Crippen molar-refractivity contribution in [2.24, 2.45) is 0 Å². The number of carbonyl (C=O) groups excluding carboxylic acids is 2. The predicted molar refractivity (Wildman–Crippen MR) is 53.5 cm³/mol. The molecule has 0 aliphatic rings. The summed E-state index contributed by atoms with van der Waals surface area (Å²) in [7, 11) is 0. The second-order valence-corrected chi connectivity index (χ2v) is 2.88. The van der Waals surface area contributed by atoms with E-state index in [1.807, 2.05) is 6.92 Å². The summed E-state index contributed by atoms with van der Waals surface area (Å²) in [5.41, 5.74) is 0.716. The summed E-state index contributed by atoms with van der Waals surface area (Å²) in [5, 5.41) is 0. The molecule has 13 heavy (non-hydrogen) atoms. The molecule has 0 radical (unpaired) electrons. The van der Waals surface area contributed by atoms with Crippen LogP contribution >= 0.6 is 0 Å². The van der Waals surface area contributed by atoms with Crippen LogP contribution in [0.3, 0.4) is 0 Å². The standard InChI is InChI=1S/C11H16O2/c1-4-6-11(13)10(5-2)8-7-9(3)12/h4-6H,7-8H2,1-3H3. The van der Waals surface area contributed by atoms with Crippen LogP contribution < -0.4 is 0 Å². The van der Waals surface area contributed by atoms with Crippen LogP contribution in [-0.4, -0.2) is 11.6 Å². The summed E-state index contributed by atoms with van der Waals surface area (Å²) in [6, 6.07) is 0. The fourth-order valence-electron chi connectivity index (χ4n) is 0.979. The Balaban J connectivity index is 4.20. The second kappa shape index (κ2) is 6.35. The molecule has 0 bridgehead atoms. The number of Topliss-reactive ketones (excluding diaryl/α,β-unsaturated/α-hetero) is 1. The van der Waals surface area contributed by atoms with Crippen LogP contribution in [0.4, 0.5) is 0 Å². The Morgan fingerprint density at radius 3 is 2.15 bits per heavy atom. The maximum atomic E-state index is 11.3. The zero-order chi connectivity index (χ0) is 10.3. The number of allylic oxidation sites excluding steroid dienone is 4. The molecule has 2 heteroatoms. The minimum atomic E-state index is 0.00579. The van der Waals surface area contributed by atoms with Crippen LogP contribution in [0.5, 0.6) is 0 Å². The van der Waals surface area contributed by atoms with Crippen molar-refractivity contribution >= 4 is 11.6 Å². The van der Waals surface area contributed by atoms with E-state index in [2.05, 4.69) is 0 Å². The number of ketones is 2. The summed E-state index contributed by atoms with van der Waals surface area (Å²) in [6.07, 6.45) is 6.00. The van der Waals surface area contributed by atoms with E-state index < -0.39 is 0 Å². The van der Waals surface area contributed by atoms with Crippen LogP contribution in [0, 0.1) is 0 Å². The quantitative estimate of drug-likeness (QED) is 0.609. The third-order valence-corrected chi connectivity index (χ3v) is 1.73. The molecule has 0 aromatic rings. The minimum Gasteiger partial charge on any atom is -0.300 e. The number of carbonyl (C=O) groups is 2. The van der Waals surface area contributed by atoms with E-state index in [0.717, 1.165) is 0 Å². The Kier molecular flexibility index (Phi) is 5.77. The van der Waals surface area contributed by atoms with Gasteiger partial charge in [0.1, 0.15) is 5.78 Å². The number of hydrogen-bond acceptors (Lipinski definition) is 2. The van der Waals surface area contributed by atoms with Gasteiger partial charge in [-0.15, -0.1) is 0 Å². The molecular weight excluding hydrogens is 164 g/mol. The van der Waals surface area contributed by atoms with E-state index in [1.54, 1.807) is 19.1 Å². The molecule has 0 spiro atoms. The van der Waals surface area contributed by atoms with Gasteiger partial charge in [-0.2, -0.15) is 0 Å². The summed E-state index contributed by atoms with van der Waals surface area (Å²) < 4.78 is 0. The van der Waals surface area contributed by atoms with E-state index in [-0.39, 0.29) is 11.6 Å². The largest absolute Gasteiger partial charge is 0.300 e. The van der Waals surface area contributed by atoms with E-state index in [9.17, 15) is 9.59 Å². The molecule has 0 aromatic heterocycles. The number of rotatable bonds is 5. The normalized spacial score (nSPS) is 12.1. The van der Waals surface area contributed by atoms with Crippen LogP contribution in [0.25, 0.3) is 0 Å². The molecular formula is C11H16O2. The maximum absolute atomic E-state index is 11.3. The average molecular weight is 180 g/mol. The van der Waals surface area contributed by atoms with Crippen molar-refractivity contribution in [3.05, 3.63) is 23.8 Å². The highest BCUT2D eigenvalue weighted by molar-refractivity contribution is 6.04. The van der Waals surface area contributed by atoms with E-state index in [4.69, 9.17) is 0 Å². The molecule has 0 N–H and O–H groups in total. The lowest BCUT2D eigenvalue weighted by molar-refractivity contribution is -0.117. The topological polar surface area (TPSA) is 34.1 Å². The zero-order valence-corrected chi connectivity index (χ0v) is 8.46. The number of hydrogen-bond donors (Lipinski definition) is 0. The molecule has 0 saturated heterocycles. The monoisotopic (exact) mass is 180 g/mol. The highest BCUT2D eigenvalue weighted by atomic mass is 16.1. The van der Waals surface area contributed by atoms with Gasteiger partial charge >= 0.3 is 0 Å². The minimum absolute atomic E-state index is 0.00579. The average Bonchev–Trinajstić information content (AvgIpc) is 2.05. The van der Waals surface area contributed by atoms with Crippen LogP contribution in [-0.2, 0) is 9.59 Å². The Morgan fingerprint density at radius 2 is 1.77 bits per heavy atom. The van der Waals surface area contributed by atoms with Crippen LogP contribution in [0.15, 0.2) is 23.8 Å². The van der Waals surface area contributed by atoms with Gasteiger partial charge < -0.3 is 4.79 Å². The van der Waals surface area contributed by atoms with Crippen molar-refractivity contribution in [1.29, 1.82) is 0 Å². The lowest BCUT2D eigenvalue weighted by Crippen LogP contribution is -2.01. The molecule has 0 fully saturated rings.